The number of nitrogens with one attached hydrogen (secondary N) is 2. The molecule has 0 radical (unpaired) electrons. The van der Waals surface area contributed by atoms with Gasteiger partial charge in [-0.05, 0) is 26.3 Å². The quantitative estimate of drug-likeness (QED) is 0.632. The molecule has 1 aliphatic heterocycles. The Balaban J connectivity index is 2.07. The van der Waals surface area contributed by atoms with Crippen LogP contribution in [0.1, 0.15) is 26.2 Å². The third kappa shape index (κ3) is 6.00. The number of ether oxygens (including phenoxy) is 2. The van der Waals surface area contributed by atoms with Gasteiger partial charge >= 0.3 is 0 Å². The van der Waals surface area contributed by atoms with Crippen molar-refractivity contribution in [1.82, 2.24) is 10.6 Å². The van der Waals surface area contributed by atoms with E-state index in [0.29, 0.717) is 32.3 Å². The van der Waals surface area contributed by atoms with Gasteiger partial charge in [0, 0.05) is 25.6 Å². The maximum atomic E-state index is 11.6. The zero-order chi connectivity index (χ0) is 12.5. The molecular weight excluding hydrogens is 220 g/mol. The average Bonchev–Trinajstić information content (AvgIpc) is 2.32. The molecule has 100 valence electrons. The van der Waals surface area contributed by atoms with Crippen LogP contribution in [0, 0.1) is 0 Å². The molecule has 2 atom stereocenters. The summed E-state index contributed by atoms with van der Waals surface area (Å²) in [7, 11) is 1.63. The van der Waals surface area contributed by atoms with Crippen molar-refractivity contribution in [2.24, 2.45) is 0 Å². The molecule has 0 aromatic rings. The third-order valence-corrected chi connectivity index (χ3v) is 3.01. The molecule has 1 rings (SSSR count). The number of hydrogen-bond acceptors (Lipinski definition) is 4. The lowest BCUT2D eigenvalue weighted by Gasteiger charge is -2.30. The molecule has 1 amide bonds. The summed E-state index contributed by atoms with van der Waals surface area (Å²) in [5.74, 6) is 0.0722. The first-order chi connectivity index (χ1) is 8.24. The second-order valence-electron chi connectivity index (χ2n) is 4.41. The van der Waals surface area contributed by atoms with E-state index in [9.17, 15) is 4.79 Å². The van der Waals surface area contributed by atoms with Gasteiger partial charge in [0.05, 0.1) is 19.8 Å². The molecule has 0 aromatic heterocycles. The Bertz CT molecular complexity index is 224. The highest BCUT2D eigenvalue weighted by molar-refractivity contribution is 5.76. The minimum absolute atomic E-state index is 0.0722. The maximum absolute atomic E-state index is 11.6. The highest BCUT2D eigenvalue weighted by Crippen LogP contribution is 2.08. The zero-order valence-corrected chi connectivity index (χ0v) is 10.8. The minimum atomic E-state index is 0.0722. The first-order valence-electron chi connectivity index (χ1n) is 6.33. The lowest BCUT2D eigenvalue weighted by atomic mass is 10.00. The van der Waals surface area contributed by atoms with Crippen molar-refractivity contribution < 1.29 is 14.3 Å². The van der Waals surface area contributed by atoms with Crippen molar-refractivity contribution in [2.75, 3.05) is 33.5 Å². The molecule has 0 spiro atoms. The molecule has 1 fully saturated rings. The Kier molecular flexibility index (Phi) is 7.16. The lowest BCUT2D eigenvalue weighted by Crippen LogP contribution is -2.52. The number of amides is 1. The van der Waals surface area contributed by atoms with Crippen molar-refractivity contribution in [3.63, 3.8) is 0 Å². The highest BCUT2D eigenvalue weighted by atomic mass is 16.5. The number of methoxy groups -OCH3 is 1. The Morgan fingerprint density at radius 2 is 2.24 bits per heavy atom. The number of carbonyl (C=O) groups is 1. The molecule has 1 saturated heterocycles. The van der Waals surface area contributed by atoms with E-state index in [4.69, 9.17) is 9.47 Å². The van der Waals surface area contributed by atoms with E-state index in [1.54, 1.807) is 7.11 Å². The van der Waals surface area contributed by atoms with Crippen molar-refractivity contribution in [3.8, 4) is 0 Å². The molecule has 2 unspecified atom stereocenters. The molecule has 17 heavy (non-hydrogen) atoms. The molecule has 1 aliphatic rings. The smallest absolute Gasteiger partial charge is 0.222 e. The number of hydrogen-bond donors (Lipinski definition) is 2. The topological polar surface area (TPSA) is 59.6 Å². The van der Waals surface area contributed by atoms with Crippen molar-refractivity contribution >= 4 is 5.91 Å². The average molecular weight is 244 g/mol. The monoisotopic (exact) mass is 244 g/mol. The number of piperidine rings is 1. The van der Waals surface area contributed by atoms with E-state index < -0.39 is 0 Å². The Morgan fingerprint density at radius 3 is 2.94 bits per heavy atom. The maximum Gasteiger partial charge on any atom is 0.222 e. The van der Waals surface area contributed by atoms with Gasteiger partial charge in [-0.15, -0.1) is 0 Å². The molecule has 0 saturated carbocycles. The van der Waals surface area contributed by atoms with E-state index in [2.05, 4.69) is 17.6 Å². The Hall–Kier alpha value is -0.650. The van der Waals surface area contributed by atoms with E-state index >= 15 is 0 Å². The number of rotatable bonds is 7. The van der Waals surface area contributed by atoms with E-state index in [1.807, 2.05) is 0 Å². The molecule has 0 aromatic carbocycles. The molecule has 1 heterocycles. The summed E-state index contributed by atoms with van der Waals surface area (Å²) >= 11 is 0. The van der Waals surface area contributed by atoms with Crippen LogP contribution in [0.3, 0.4) is 0 Å². The van der Waals surface area contributed by atoms with Crippen LogP contribution in [-0.2, 0) is 14.3 Å². The van der Waals surface area contributed by atoms with Gasteiger partial charge in [-0.25, -0.2) is 0 Å². The van der Waals surface area contributed by atoms with Gasteiger partial charge in [-0.2, -0.15) is 0 Å². The SMILES string of the molecule is COCCOCCC(=O)NC1CCCNC1C. The second kappa shape index (κ2) is 8.44. The van der Waals surface area contributed by atoms with Gasteiger partial charge in [0.1, 0.15) is 0 Å². The van der Waals surface area contributed by atoms with Gasteiger partial charge in [0.15, 0.2) is 0 Å². The molecular formula is C12H24N2O3. The predicted octanol–water partition coefficient (Wildman–Crippen LogP) is 0.296. The normalized spacial score (nSPS) is 24.6. The standard InChI is InChI=1S/C12H24N2O3/c1-10-11(4-3-6-13-10)14-12(15)5-7-17-9-8-16-2/h10-11,13H,3-9H2,1-2H3,(H,14,15). The molecule has 5 nitrogen and oxygen atoms in total. The fourth-order valence-corrected chi connectivity index (χ4v) is 1.93. The molecule has 0 bridgehead atoms. The first-order valence-corrected chi connectivity index (χ1v) is 6.33. The fraction of sp³-hybridized carbons (Fsp3) is 0.917. The summed E-state index contributed by atoms with van der Waals surface area (Å²) in [6, 6.07) is 0.623. The Labute approximate surface area is 103 Å². The third-order valence-electron chi connectivity index (χ3n) is 3.01. The van der Waals surface area contributed by atoms with E-state index in [-0.39, 0.29) is 11.9 Å². The van der Waals surface area contributed by atoms with Gasteiger partial charge in [-0.3, -0.25) is 4.79 Å². The number of carbonyl (C=O) groups excluding carboxylic acids is 1. The van der Waals surface area contributed by atoms with Gasteiger partial charge in [0.2, 0.25) is 5.91 Å². The fourth-order valence-electron chi connectivity index (χ4n) is 1.93. The van der Waals surface area contributed by atoms with Gasteiger partial charge in [-0.1, -0.05) is 0 Å². The van der Waals surface area contributed by atoms with Crippen LogP contribution in [0.2, 0.25) is 0 Å². The minimum Gasteiger partial charge on any atom is -0.382 e. The summed E-state index contributed by atoms with van der Waals surface area (Å²) in [6.07, 6.45) is 2.61. The van der Waals surface area contributed by atoms with Crippen LogP contribution < -0.4 is 10.6 Å². The van der Waals surface area contributed by atoms with Crippen LogP contribution in [0.4, 0.5) is 0 Å². The van der Waals surface area contributed by atoms with Crippen molar-refractivity contribution in [3.05, 3.63) is 0 Å². The summed E-state index contributed by atoms with van der Waals surface area (Å²) < 4.78 is 10.1. The van der Waals surface area contributed by atoms with Crippen LogP contribution in [-0.4, -0.2) is 51.5 Å². The summed E-state index contributed by atoms with van der Waals surface area (Å²) in [5, 5.41) is 6.41. The molecule has 0 aliphatic carbocycles. The summed E-state index contributed by atoms with van der Waals surface area (Å²) in [4.78, 5) is 11.6. The van der Waals surface area contributed by atoms with Gasteiger partial charge < -0.3 is 20.1 Å². The second-order valence-corrected chi connectivity index (χ2v) is 4.41. The van der Waals surface area contributed by atoms with Crippen LogP contribution in [0.25, 0.3) is 0 Å². The first kappa shape index (κ1) is 14.4. The van der Waals surface area contributed by atoms with Crippen LogP contribution >= 0.6 is 0 Å². The highest BCUT2D eigenvalue weighted by Gasteiger charge is 2.21. The lowest BCUT2D eigenvalue weighted by molar-refractivity contribution is -0.123. The summed E-state index contributed by atoms with van der Waals surface area (Å²) in [5.41, 5.74) is 0. The van der Waals surface area contributed by atoms with Gasteiger partial charge in [0.25, 0.3) is 0 Å². The van der Waals surface area contributed by atoms with E-state index in [0.717, 1.165) is 19.4 Å². The molecule has 5 heteroatoms. The largest absolute Gasteiger partial charge is 0.382 e. The van der Waals surface area contributed by atoms with Crippen LogP contribution in [0.5, 0.6) is 0 Å². The molecule has 2 N–H and O–H groups in total. The van der Waals surface area contributed by atoms with Crippen molar-refractivity contribution in [2.45, 2.75) is 38.3 Å². The van der Waals surface area contributed by atoms with Crippen molar-refractivity contribution in [1.29, 1.82) is 0 Å². The zero-order valence-electron chi connectivity index (χ0n) is 10.8. The van der Waals surface area contributed by atoms with Crippen LogP contribution in [0.15, 0.2) is 0 Å². The summed E-state index contributed by atoms with van der Waals surface area (Å²) in [6.45, 7) is 4.74. The predicted molar refractivity (Wildman–Crippen MR) is 65.9 cm³/mol. The van der Waals surface area contributed by atoms with E-state index in [1.165, 1.54) is 0 Å². The Morgan fingerprint density at radius 1 is 1.41 bits per heavy atom.